The summed E-state index contributed by atoms with van der Waals surface area (Å²) in [6, 6.07) is 16.2. The van der Waals surface area contributed by atoms with Crippen molar-refractivity contribution >= 4 is 24.0 Å². The molecule has 1 heterocycles. The van der Waals surface area contributed by atoms with E-state index in [0.717, 1.165) is 11.1 Å². The fourth-order valence-corrected chi connectivity index (χ4v) is 5.22. The number of hydrogen-bond acceptors (Lipinski definition) is 7. The minimum absolute atomic E-state index is 0.0134. The average Bonchev–Trinajstić information content (AvgIpc) is 3.19. The Morgan fingerprint density at radius 3 is 1.80 bits per heavy atom. The van der Waals surface area contributed by atoms with Gasteiger partial charge in [0.25, 0.3) is 0 Å². The summed E-state index contributed by atoms with van der Waals surface area (Å²) in [5, 5.41) is 19.4. The maximum Gasteiger partial charge on any atom is 0.408 e. The van der Waals surface area contributed by atoms with E-state index >= 15 is 0 Å². The lowest BCUT2D eigenvalue weighted by Gasteiger charge is -2.30. The van der Waals surface area contributed by atoms with Gasteiger partial charge in [-0.1, -0.05) is 88.4 Å². The van der Waals surface area contributed by atoms with E-state index < -0.39 is 42.3 Å². The molecule has 11 nitrogen and oxygen atoms in total. The monoisotopic (exact) mass is 624 g/mol. The van der Waals surface area contributed by atoms with Crippen LogP contribution >= 0.6 is 0 Å². The number of likely N-dealkylation sites (tertiary alicyclic amines) is 1. The van der Waals surface area contributed by atoms with Gasteiger partial charge in [0.2, 0.25) is 11.8 Å². The maximum atomic E-state index is 13.6. The zero-order chi connectivity index (χ0) is 32.8. The zero-order valence-electron chi connectivity index (χ0n) is 26.7. The Balaban J connectivity index is 1.57. The van der Waals surface area contributed by atoms with E-state index in [9.17, 15) is 24.3 Å². The van der Waals surface area contributed by atoms with Crippen LogP contribution in [0.15, 0.2) is 60.7 Å². The molecule has 0 aliphatic carbocycles. The highest BCUT2D eigenvalue weighted by Gasteiger charge is 2.34. The van der Waals surface area contributed by atoms with Gasteiger partial charge in [-0.05, 0) is 48.6 Å². The van der Waals surface area contributed by atoms with Gasteiger partial charge in [0.05, 0.1) is 12.1 Å². The first-order chi connectivity index (χ1) is 21.5. The second kappa shape index (κ2) is 18.0. The van der Waals surface area contributed by atoms with Gasteiger partial charge in [-0.25, -0.2) is 9.59 Å². The molecule has 2 aromatic carbocycles. The summed E-state index contributed by atoms with van der Waals surface area (Å²) in [7, 11) is 0. The number of benzene rings is 2. The smallest absolute Gasteiger partial charge is 0.408 e. The lowest BCUT2D eigenvalue weighted by atomic mass is 10.0. The van der Waals surface area contributed by atoms with Crippen LogP contribution in [0.25, 0.3) is 0 Å². The van der Waals surface area contributed by atoms with Gasteiger partial charge < -0.3 is 35.4 Å². The predicted octanol–water partition coefficient (Wildman–Crippen LogP) is 4.14. The number of rotatable bonds is 13. The van der Waals surface area contributed by atoms with Crippen LogP contribution in [0.2, 0.25) is 0 Å². The Bertz CT molecular complexity index is 1230. The minimum Gasteiger partial charge on any atom is -0.445 e. The first-order valence-electron chi connectivity index (χ1n) is 15.7. The molecule has 0 bridgehead atoms. The van der Waals surface area contributed by atoms with Crippen molar-refractivity contribution in [3.8, 4) is 0 Å². The summed E-state index contributed by atoms with van der Waals surface area (Å²) in [5.74, 6) is -0.522. The van der Waals surface area contributed by atoms with Gasteiger partial charge in [-0.3, -0.25) is 9.59 Å². The topological polar surface area (TPSA) is 146 Å². The summed E-state index contributed by atoms with van der Waals surface area (Å²) < 4.78 is 10.7. The predicted molar refractivity (Wildman–Crippen MR) is 170 cm³/mol. The van der Waals surface area contributed by atoms with E-state index in [4.69, 9.17) is 9.47 Å². The molecule has 1 aliphatic heterocycles. The highest BCUT2D eigenvalue weighted by Crippen LogP contribution is 2.17. The highest BCUT2D eigenvalue weighted by molar-refractivity contribution is 5.86. The van der Waals surface area contributed by atoms with Gasteiger partial charge in [-0.2, -0.15) is 0 Å². The van der Waals surface area contributed by atoms with Crippen LogP contribution in [-0.2, 0) is 32.3 Å². The molecule has 0 aromatic heterocycles. The van der Waals surface area contributed by atoms with E-state index in [2.05, 4.69) is 16.0 Å². The first kappa shape index (κ1) is 35.4. The van der Waals surface area contributed by atoms with Crippen molar-refractivity contribution in [2.75, 3.05) is 13.1 Å². The molecule has 45 heavy (non-hydrogen) atoms. The van der Waals surface area contributed by atoms with Crippen LogP contribution in [-0.4, -0.2) is 71.3 Å². The molecule has 246 valence electrons. The number of aliphatic hydroxyl groups is 1. The zero-order valence-corrected chi connectivity index (χ0v) is 26.7. The maximum absolute atomic E-state index is 13.6. The molecule has 11 heteroatoms. The van der Waals surface area contributed by atoms with Crippen molar-refractivity contribution in [2.24, 2.45) is 11.8 Å². The van der Waals surface area contributed by atoms with Crippen molar-refractivity contribution in [2.45, 2.75) is 90.8 Å². The van der Waals surface area contributed by atoms with Crippen LogP contribution in [0.4, 0.5) is 9.59 Å². The number of β-amino-alcohol motifs (C(OH)–C–C–N with tert-alkyl or cyclic N) is 1. The normalized spacial score (nSPS) is 18.0. The van der Waals surface area contributed by atoms with Crippen molar-refractivity contribution in [1.82, 2.24) is 20.9 Å². The Kier molecular flexibility index (Phi) is 14.1. The molecule has 4 amide bonds. The Morgan fingerprint density at radius 2 is 1.29 bits per heavy atom. The van der Waals surface area contributed by atoms with E-state index in [1.54, 1.807) is 0 Å². The number of hydrogen-bond donors (Lipinski definition) is 4. The SMILES string of the molecule is CC(C)CC(NC(=O)OCc1ccccc1)C(=O)N1CCCC(NC(=O)[C@H](CC(C)C)NC(=O)OCc2ccccc2)[C@@H](O)C1. The average molecular weight is 625 g/mol. The highest BCUT2D eigenvalue weighted by atomic mass is 16.6. The molecular weight excluding hydrogens is 576 g/mol. The quantitative estimate of drug-likeness (QED) is 0.262. The standard InChI is InChI=1S/C34H48N4O7/c1-23(2)18-28(36-33(42)44-21-25-12-7-5-8-13-25)31(40)35-27-16-11-17-38(20-30(27)39)32(41)29(19-24(3)4)37-34(43)45-22-26-14-9-6-10-15-26/h5-10,12-15,23-24,27-30,39H,11,16-22H2,1-4H3,(H,35,40)(H,36,42)(H,37,43)/t27?,28-,29?,30-/m0/s1. The van der Waals surface area contributed by atoms with Crippen molar-refractivity contribution < 1.29 is 33.8 Å². The molecule has 0 spiro atoms. The van der Waals surface area contributed by atoms with E-state index in [-0.39, 0.29) is 37.5 Å². The summed E-state index contributed by atoms with van der Waals surface area (Å²) in [6.45, 7) is 8.30. The summed E-state index contributed by atoms with van der Waals surface area (Å²) in [5.41, 5.74) is 1.66. The molecule has 1 fully saturated rings. The Labute approximate surface area is 266 Å². The molecule has 2 aromatic rings. The lowest BCUT2D eigenvalue weighted by Crippen LogP contribution is -2.55. The number of carbonyl (C=O) groups excluding carboxylic acids is 4. The van der Waals surface area contributed by atoms with Gasteiger partial charge >= 0.3 is 12.2 Å². The number of nitrogens with one attached hydrogen (secondary N) is 3. The Morgan fingerprint density at radius 1 is 0.800 bits per heavy atom. The molecular formula is C34H48N4O7. The molecule has 1 aliphatic rings. The van der Waals surface area contributed by atoms with Crippen molar-refractivity contribution in [3.63, 3.8) is 0 Å². The van der Waals surface area contributed by atoms with Gasteiger partial charge in [0, 0.05) is 13.1 Å². The second-order valence-corrected chi connectivity index (χ2v) is 12.4. The van der Waals surface area contributed by atoms with E-state index in [1.165, 1.54) is 4.90 Å². The number of aliphatic hydroxyl groups excluding tert-OH is 1. The number of carbonyl (C=O) groups is 4. The molecule has 2 unspecified atom stereocenters. The fourth-order valence-electron chi connectivity index (χ4n) is 5.22. The second-order valence-electron chi connectivity index (χ2n) is 12.4. The molecule has 4 atom stereocenters. The van der Waals surface area contributed by atoms with Gasteiger partial charge in [-0.15, -0.1) is 0 Å². The van der Waals surface area contributed by atoms with Gasteiger partial charge in [0.15, 0.2) is 0 Å². The summed E-state index contributed by atoms with van der Waals surface area (Å²) in [6.07, 6.45) is -0.701. The van der Waals surface area contributed by atoms with E-state index in [0.29, 0.717) is 32.2 Å². The lowest BCUT2D eigenvalue weighted by molar-refractivity contribution is -0.135. The third kappa shape index (κ3) is 12.4. The van der Waals surface area contributed by atoms with Crippen LogP contribution < -0.4 is 16.0 Å². The summed E-state index contributed by atoms with van der Waals surface area (Å²) >= 11 is 0. The fraction of sp³-hybridized carbons (Fsp3) is 0.529. The number of nitrogens with zero attached hydrogens (tertiary/aromatic N) is 1. The molecule has 0 radical (unpaired) electrons. The van der Waals surface area contributed by atoms with E-state index in [1.807, 2.05) is 88.4 Å². The van der Waals surface area contributed by atoms with Crippen LogP contribution in [0.3, 0.4) is 0 Å². The van der Waals surface area contributed by atoms with Gasteiger partial charge in [0.1, 0.15) is 25.3 Å². The Hall–Kier alpha value is -4.12. The third-order valence-corrected chi connectivity index (χ3v) is 7.49. The number of ether oxygens (including phenoxy) is 2. The van der Waals surface area contributed by atoms with Crippen molar-refractivity contribution in [1.29, 1.82) is 0 Å². The van der Waals surface area contributed by atoms with Crippen LogP contribution in [0.5, 0.6) is 0 Å². The summed E-state index contributed by atoms with van der Waals surface area (Å²) in [4.78, 5) is 53.5. The van der Waals surface area contributed by atoms with Crippen LogP contribution in [0, 0.1) is 11.8 Å². The molecule has 0 saturated carbocycles. The minimum atomic E-state index is -1.05. The molecule has 4 N–H and O–H groups in total. The molecule has 3 rings (SSSR count). The first-order valence-corrected chi connectivity index (χ1v) is 15.7. The number of alkyl carbamates (subject to hydrolysis) is 2. The largest absolute Gasteiger partial charge is 0.445 e. The van der Waals surface area contributed by atoms with Crippen molar-refractivity contribution in [3.05, 3.63) is 71.8 Å². The third-order valence-electron chi connectivity index (χ3n) is 7.49. The molecule has 1 saturated heterocycles. The number of amides is 4. The van der Waals surface area contributed by atoms with Crippen LogP contribution in [0.1, 0.15) is 64.5 Å².